The van der Waals surface area contributed by atoms with Gasteiger partial charge in [0.05, 0.1) is 12.8 Å². The number of rotatable bonds is 41. The van der Waals surface area contributed by atoms with Gasteiger partial charge in [-0.05, 0) is 54.8 Å². The Kier molecular flexibility index (Phi) is 34.8. The van der Waals surface area contributed by atoms with Crippen LogP contribution >= 0.6 is 0 Å². The van der Waals surface area contributed by atoms with Gasteiger partial charge >= 0.3 is 30.0 Å². The van der Waals surface area contributed by atoms with Crippen LogP contribution in [0.3, 0.4) is 0 Å². The molecule has 0 radical (unpaired) electrons. The highest BCUT2D eigenvalue weighted by molar-refractivity contribution is 5.88. The molecule has 13 heteroatoms. The number of hydrogen-bond acceptors (Lipinski definition) is 12. The summed E-state index contributed by atoms with van der Waals surface area (Å²) in [5.41, 5.74) is 1.16. The van der Waals surface area contributed by atoms with E-state index in [9.17, 15) is 28.8 Å². The summed E-state index contributed by atoms with van der Waals surface area (Å²) in [6.45, 7) is 5.24. The van der Waals surface area contributed by atoms with E-state index >= 15 is 0 Å². The molecule has 0 fully saturated rings. The minimum Gasteiger partial charge on any atom is -0.462 e. The Balaban J connectivity index is 1.73. The molecular weight excluding hydrogens is 867 g/mol. The minimum atomic E-state index is -1.02. The van der Waals surface area contributed by atoms with Crippen molar-refractivity contribution in [1.29, 1.82) is 0 Å². The van der Waals surface area contributed by atoms with E-state index in [0.29, 0.717) is 24.1 Å². The molecule has 0 spiro atoms. The molecule has 2 rings (SSSR count). The summed E-state index contributed by atoms with van der Waals surface area (Å²) >= 11 is 0. The fraction of sp³-hybridized carbons (Fsp3) is 0.673. The highest BCUT2D eigenvalue weighted by Crippen LogP contribution is 2.19. The number of nitrogens with one attached hydrogen (secondary N) is 1. The van der Waals surface area contributed by atoms with Crippen LogP contribution < -0.4 is 14.8 Å². The predicted octanol–water partition coefficient (Wildman–Crippen LogP) is 14.0. The minimum absolute atomic E-state index is 0.104. The van der Waals surface area contributed by atoms with Crippen LogP contribution in [-0.2, 0) is 49.5 Å². The first-order valence-electron chi connectivity index (χ1n) is 26.1. The molecule has 0 unspecified atom stereocenters. The quantitative estimate of drug-likeness (QED) is 0.0220. The molecule has 0 aliphatic heterocycles. The van der Waals surface area contributed by atoms with Gasteiger partial charge in [0.25, 0.3) is 0 Å². The van der Waals surface area contributed by atoms with E-state index in [-0.39, 0.29) is 62.9 Å². The summed E-state index contributed by atoms with van der Waals surface area (Å²) in [5.74, 6) is -1.97. The van der Waals surface area contributed by atoms with Gasteiger partial charge in [0.15, 0.2) is 6.10 Å². The fourth-order valence-corrected chi connectivity index (χ4v) is 7.57. The Morgan fingerprint density at radius 2 is 0.809 bits per heavy atom. The predicted molar refractivity (Wildman–Crippen MR) is 265 cm³/mol. The van der Waals surface area contributed by atoms with Crippen molar-refractivity contribution in [3.63, 3.8) is 0 Å². The number of carbonyl (C=O) groups excluding carboxylic acids is 6. The lowest BCUT2D eigenvalue weighted by atomic mass is 10.0. The monoisotopic (exact) mass is 952 g/mol. The lowest BCUT2D eigenvalue weighted by molar-refractivity contribution is -0.167. The third-order valence-corrected chi connectivity index (χ3v) is 11.5. The van der Waals surface area contributed by atoms with E-state index in [2.05, 4.69) is 19.2 Å². The van der Waals surface area contributed by atoms with Crippen molar-refractivity contribution in [2.24, 2.45) is 0 Å². The first kappa shape index (κ1) is 59.2. The molecule has 13 nitrogen and oxygen atoms in total. The summed E-state index contributed by atoms with van der Waals surface area (Å²) in [5, 5.41) is 2.62. The molecule has 2 aromatic rings. The molecule has 0 aliphatic carbocycles. The smallest absolute Gasteiger partial charge is 0.462 e. The van der Waals surface area contributed by atoms with Gasteiger partial charge in [0.2, 0.25) is 5.91 Å². The zero-order valence-electron chi connectivity index (χ0n) is 41.9. The molecule has 0 saturated heterocycles. The zero-order chi connectivity index (χ0) is 49.3. The van der Waals surface area contributed by atoms with Crippen LogP contribution in [0.1, 0.15) is 219 Å². The first-order chi connectivity index (χ1) is 33.1. The van der Waals surface area contributed by atoms with Gasteiger partial charge in [-0.2, -0.15) is 0 Å². The van der Waals surface area contributed by atoms with Crippen LogP contribution in [0.15, 0.2) is 48.5 Å². The molecule has 0 saturated carbocycles. The standard InChI is InChI=1S/C55H85NO12/c1-4-6-8-10-12-14-16-18-20-22-24-26-28-30-51(58)63-43-50(44-64-52(59)31-29-27-25-23-21-19-17-15-13-11-9-7-5-2)67-54(61)41-40-53(60)66-48-36-32-46(33-37-48)42-65-55(62)68-49-38-34-47(35-39-49)56-45(3)57/h32-39,50H,4-31,40-44H2,1-3H3,(H,56,57). The summed E-state index contributed by atoms with van der Waals surface area (Å²) < 4.78 is 32.2. The number of esters is 4. The number of amides is 1. The molecule has 0 atom stereocenters. The third kappa shape index (κ3) is 33.5. The molecule has 0 heterocycles. The SMILES string of the molecule is CCCCCCCCCCCCCCCC(=O)OCC(COC(=O)CCCCCCCCCCCCCCC)OC(=O)CCC(=O)Oc1ccc(COC(=O)Oc2ccc(NC(C)=O)cc2)cc1. The van der Waals surface area contributed by atoms with Crippen LogP contribution in [0.2, 0.25) is 0 Å². The van der Waals surface area contributed by atoms with E-state index in [1.54, 1.807) is 24.3 Å². The number of carbonyl (C=O) groups is 6. The number of anilines is 1. The van der Waals surface area contributed by atoms with Crippen LogP contribution in [-0.4, -0.2) is 55.3 Å². The largest absolute Gasteiger partial charge is 0.514 e. The van der Waals surface area contributed by atoms with E-state index in [0.717, 1.165) is 38.5 Å². The molecule has 382 valence electrons. The normalized spacial score (nSPS) is 10.9. The number of unbranched alkanes of at least 4 members (excludes halogenated alkanes) is 24. The Hall–Kier alpha value is -4.94. The number of hydrogen-bond donors (Lipinski definition) is 1. The highest BCUT2D eigenvalue weighted by atomic mass is 16.7. The van der Waals surface area contributed by atoms with Gasteiger partial charge in [0.1, 0.15) is 31.3 Å². The van der Waals surface area contributed by atoms with Crippen molar-refractivity contribution < 1.29 is 57.2 Å². The second kappa shape index (κ2) is 40.0. The maximum atomic E-state index is 12.9. The maximum absolute atomic E-state index is 12.9. The molecule has 0 bridgehead atoms. The number of ether oxygens (including phenoxy) is 6. The molecule has 1 N–H and O–H groups in total. The summed E-state index contributed by atoms with van der Waals surface area (Å²) in [7, 11) is 0. The lowest BCUT2D eigenvalue weighted by Crippen LogP contribution is -2.31. The molecule has 0 aliphatic rings. The van der Waals surface area contributed by atoms with Crippen molar-refractivity contribution in [3.8, 4) is 11.5 Å². The lowest BCUT2D eigenvalue weighted by Gasteiger charge is -2.18. The topological polar surface area (TPSA) is 170 Å². The Labute approximate surface area is 407 Å². The van der Waals surface area contributed by atoms with E-state index < -0.39 is 36.1 Å². The van der Waals surface area contributed by atoms with Crippen molar-refractivity contribution >= 4 is 41.6 Å². The van der Waals surface area contributed by atoms with Crippen LogP contribution in [0.5, 0.6) is 11.5 Å². The van der Waals surface area contributed by atoms with Crippen molar-refractivity contribution in [1.82, 2.24) is 0 Å². The van der Waals surface area contributed by atoms with Gasteiger partial charge in [-0.15, -0.1) is 0 Å². The van der Waals surface area contributed by atoms with E-state index in [4.69, 9.17) is 28.4 Å². The highest BCUT2D eigenvalue weighted by Gasteiger charge is 2.21. The maximum Gasteiger partial charge on any atom is 0.514 e. The average molecular weight is 952 g/mol. The van der Waals surface area contributed by atoms with Gasteiger partial charge < -0.3 is 33.7 Å². The molecule has 0 aromatic heterocycles. The van der Waals surface area contributed by atoms with Crippen molar-refractivity contribution in [2.45, 2.75) is 226 Å². The second-order valence-electron chi connectivity index (χ2n) is 17.9. The summed E-state index contributed by atoms with van der Waals surface area (Å²) in [6, 6.07) is 12.5. The van der Waals surface area contributed by atoms with Crippen molar-refractivity contribution in [3.05, 3.63) is 54.1 Å². The average Bonchev–Trinajstić information content (AvgIpc) is 3.32. The fourth-order valence-electron chi connectivity index (χ4n) is 7.57. The van der Waals surface area contributed by atoms with Crippen LogP contribution in [0.4, 0.5) is 10.5 Å². The Morgan fingerprint density at radius 3 is 1.24 bits per heavy atom. The third-order valence-electron chi connectivity index (χ3n) is 11.5. The molecule has 1 amide bonds. The van der Waals surface area contributed by atoms with Gasteiger partial charge in [-0.25, -0.2) is 4.79 Å². The second-order valence-corrected chi connectivity index (χ2v) is 17.9. The van der Waals surface area contributed by atoms with Gasteiger partial charge in [0, 0.05) is 25.5 Å². The van der Waals surface area contributed by atoms with E-state index in [1.165, 1.54) is 147 Å². The van der Waals surface area contributed by atoms with Gasteiger partial charge in [-0.1, -0.05) is 180 Å². The molecular formula is C55H85NO12. The van der Waals surface area contributed by atoms with Crippen molar-refractivity contribution in [2.75, 3.05) is 18.5 Å². The summed E-state index contributed by atoms with van der Waals surface area (Å²) in [4.78, 5) is 74.1. The molecule has 2 aromatic carbocycles. The Bertz CT molecular complexity index is 1620. The van der Waals surface area contributed by atoms with Crippen LogP contribution in [0, 0.1) is 0 Å². The van der Waals surface area contributed by atoms with E-state index in [1.807, 2.05) is 0 Å². The Morgan fingerprint density at radius 1 is 0.426 bits per heavy atom. The molecule has 68 heavy (non-hydrogen) atoms. The summed E-state index contributed by atoms with van der Waals surface area (Å²) in [6.07, 6.45) is 29.2. The van der Waals surface area contributed by atoms with Gasteiger partial charge in [-0.3, -0.25) is 24.0 Å². The number of benzene rings is 2. The van der Waals surface area contributed by atoms with Crippen LogP contribution in [0.25, 0.3) is 0 Å². The first-order valence-corrected chi connectivity index (χ1v) is 26.1. The zero-order valence-corrected chi connectivity index (χ0v) is 41.9.